The molecule has 0 N–H and O–H groups in total. The Hall–Kier alpha value is -3.26. The zero-order valence-corrected chi connectivity index (χ0v) is 15.5. The summed E-state index contributed by atoms with van der Waals surface area (Å²) in [6.07, 6.45) is 6.05. The molecule has 2 atom stereocenters. The van der Waals surface area contributed by atoms with E-state index in [0.29, 0.717) is 11.8 Å². The zero-order valence-electron chi connectivity index (χ0n) is 15.5. The summed E-state index contributed by atoms with van der Waals surface area (Å²) >= 11 is 0. The van der Waals surface area contributed by atoms with Crippen molar-refractivity contribution in [3.63, 3.8) is 0 Å². The minimum absolute atomic E-state index is 0.424. The van der Waals surface area contributed by atoms with Crippen molar-refractivity contribution in [3.05, 3.63) is 107 Å². The molecule has 2 aliphatic rings. The average molecular weight is 360 g/mol. The number of pyridine rings is 2. The third-order valence-corrected chi connectivity index (χ3v) is 6.36. The van der Waals surface area contributed by atoms with Crippen LogP contribution in [-0.2, 0) is 0 Å². The first kappa shape index (κ1) is 15.8. The largest absolute Gasteiger partial charge is 0.256 e. The van der Waals surface area contributed by atoms with Crippen LogP contribution in [0.3, 0.4) is 0 Å². The molecule has 134 valence electrons. The van der Waals surface area contributed by atoms with Crippen LogP contribution in [0.15, 0.2) is 85.2 Å². The Balaban J connectivity index is 1.38. The highest BCUT2D eigenvalue weighted by Crippen LogP contribution is 2.50. The lowest BCUT2D eigenvalue weighted by molar-refractivity contribution is 0.625. The summed E-state index contributed by atoms with van der Waals surface area (Å²) in [4.78, 5) is 9.39. The second-order valence-electron chi connectivity index (χ2n) is 7.74. The van der Waals surface area contributed by atoms with E-state index in [2.05, 4.69) is 72.8 Å². The van der Waals surface area contributed by atoms with Gasteiger partial charge in [0.1, 0.15) is 0 Å². The third-order valence-electron chi connectivity index (χ3n) is 6.36. The minimum Gasteiger partial charge on any atom is -0.256 e. The van der Waals surface area contributed by atoms with E-state index >= 15 is 0 Å². The van der Waals surface area contributed by atoms with Gasteiger partial charge in [0, 0.05) is 35.4 Å². The monoisotopic (exact) mass is 360 g/mol. The molecule has 0 aliphatic heterocycles. The van der Waals surface area contributed by atoms with Crippen molar-refractivity contribution in [2.75, 3.05) is 0 Å². The van der Waals surface area contributed by atoms with E-state index in [4.69, 9.17) is 9.97 Å². The molecule has 2 heteroatoms. The fourth-order valence-electron chi connectivity index (χ4n) is 5.17. The van der Waals surface area contributed by atoms with Gasteiger partial charge >= 0.3 is 0 Å². The van der Waals surface area contributed by atoms with Crippen LogP contribution in [0.5, 0.6) is 0 Å². The molecule has 0 radical (unpaired) electrons. The first-order valence-corrected chi connectivity index (χ1v) is 10.0. The number of nitrogens with zero attached hydrogens (tertiary/aromatic N) is 2. The van der Waals surface area contributed by atoms with Crippen molar-refractivity contribution < 1.29 is 0 Å². The maximum atomic E-state index is 4.69. The summed E-state index contributed by atoms with van der Waals surface area (Å²) in [5.41, 5.74) is 10.5. The van der Waals surface area contributed by atoms with Crippen molar-refractivity contribution in [1.82, 2.24) is 9.97 Å². The van der Waals surface area contributed by atoms with E-state index in [1.54, 1.807) is 0 Å². The first-order chi connectivity index (χ1) is 13.9. The van der Waals surface area contributed by atoms with Crippen LogP contribution >= 0.6 is 0 Å². The van der Waals surface area contributed by atoms with Gasteiger partial charge in [0.25, 0.3) is 0 Å². The highest BCUT2D eigenvalue weighted by atomic mass is 14.7. The van der Waals surface area contributed by atoms with Crippen molar-refractivity contribution in [2.24, 2.45) is 0 Å². The Morgan fingerprint density at radius 2 is 0.929 bits per heavy atom. The summed E-state index contributed by atoms with van der Waals surface area (Å²) in [5, 5.41) is 0. The van der Waals surface area contributed by atoms with Gasteiger partial charge in [0.05, 0.1) is 11.4 Å². The summed E-state index contributed by atoms with van der Waals surface area (Å²) in [6.45, 7) is 0. The molecule has 0 amide bonds. The molecule has 0 saturated carbocycles. The number of benzene rings is 2. The quantitative estimate of drug-likeness (QED) is 0.436. The molecule has 2 nitrogen and oxygen atoms in total. The summed E-state index contributed by atoms with van der Waals surface area (Å²) in [7, 11) is 0. The Bertz CT molecular complexity index is 1010. The fourth-order valence-corrected chi connectivity index (χ4v) is 5.17. The van der Waals surface area contributed by atoms with E-state index in [-0.39, 0.29) is 0 Å². The van der Waals surface area contributed by atoms with Gasteiger partial charge in [-0.05, 0) is 47.2 Å². The van der Waals surface area contributed by atoms with Gasteiger partial charge in [-0.2, -0.15) is 0 Å². The average Bonchev–Trinajstić information content (AvgIpc) is 3.26. The topological polar surface area (TPSA) is 25.8 Å². The van der Waals surface area contributed by atoms with Crippen molar-refractivity contribution in [1.29, 1.82) is 0 Å². The highest BCUT2D eigenvalue weighted by Gasteiger charge is 2.33. The molecule has 4 aromatic rings. The predicted octanol–water partition coefficient (Wildman–Crippen LogP) is 6.18. The number of rotatable bonds is 3. The zero-order chi connectivity index (χ0) is 18.5. The molecule has 0 saturated heterocycles. The molecule has 2 aromatic carbocycles. The van der Waals surface area contributed by atoms with E-state index < -0.39 is 0 Å². The van der Waals surface area contributed by atoms with Gasteiger partial charge in [-0.15, -0.1) is 0 Å². The third kappa shape index (κ3) is 2.21. The number of hydrogen-bond donors (Lipinski definition) is 0. The van der Waals surface area contributed by atoms with Crippen molar-refractivity contribution in [2.45, 2.75) is 24.7 Å². The molecular formula is C26H20N2. The predicted molar refractivity (Wildman–Crippen MR) is 112 cm³/mol. The molecule has 2 aromatic heterocycles. The lowest BCUT2D eigenvalue weighted by Gasteiger charge is -2.18. The van der Waals surface area contributed by atoms with Crippen LogP contribution in [-0.4, -0.2) is 9.97 Å². The molecule has 2 heterocycles. The fraction of sp³-hybridized carbons (Fsp3) is 0.154. The summed E-state index contributed by atoms with van der Waals surface area (Å²) < 4.78 is 0. The van der Waals surface area contributed by atoms with Crippen LogP contribution in [0.25, 0.3) is 22.5 Å². The van der Waals surface area contributed by atoms with Crippen LogP contribution in [0, 0.1) is 0 Å². The lowest BCUT2D eigenvalue weighted by Crippen LogP contribution is -2.03. The molecule has 2 unspecified atom stereocenters. The van der Waals surface area contributed by atoms with Gasteiger partial charge in [-0.3, -0.25) is 9.97 Å². The van der Waals surface area contributed by atoms with Crippen LogP contribution < -0.4 is 0 Å². The van der Waals surface area contributed by atoms with Crippen LogP contribution in [0.1, 0.15) is 46.9 Å². The highest BCUT2D eigenvalue weighted by molar-refractivity contribution is 5.77. The Labute approximate surface area is 164 Å². The molecule has 0 fully saturated rings. The number of hydrogen-bond acceptors (Lipinski definition) is 2. The Morgan fingerprint density at radius 3 is 1.43 bits per heavy atom. The second-order valence-corrected chi connectivity index (χ2v) is 7.74. The Kier molecular flexibility index (Phi) is 3.45. The van der Waals surface area contributed by atoms with E-state index in [9.17, 15) is 0 Å². The SMILES string of the molecule is c1ccc2c(c1)-c1ncccc1C2CCC1c2ccccc2-c2ncccc21. The normalized spacial score (nSPS) is 18.3. The van der Waals surface area contributed by atoms with Gasteiger partial charge in [-0.25, -0.2) is 0 Å². The van der Waals surface area contributed by atoms with E-state index in [1.165, 1.54) is 33.4 Å². The number of aromatic nitrogens is 2. The molecule has 2 aliphatic carbocycles. The maximum Gasteiger partial charge on any atom is 0.0743 e. The Morgan fingerprint density at radius 1 is 0.500 bits per heavy atom. The van der Waals surface area contributed by atoms with Crippen molar-refractivity contribution in [3.8, 4) is 22.5 Å². The van der Waals surface area contributed by atoms with E-state index in [1.807, 2.05) is 12.4 Å². The van der Waals surface area contributed by atoms with Gasteiger partial charge in [0.2, 0.25) is 0 Å². The molecule has 28 heavy (non-hydrogen) atoms. The molecule has 0 bridgehead atoms. The smallest absolute Gasteiger partial charge is 0.0743 e. The first-order valence-electron chi connectivity index (χ1n) is 10.0. The van der Waals surface area contributed by atoms with Crippen LogP contribution in [0.4, 0.5) is 0 Å². The summed E-state index contributed by atoms with van der Waals surface area (Å²) in [5.74, 6) is 0.848. The molecule has 6 rings (SSSR count). The van der Waals surface area contributed by atoms with E-state index in [0.717, 1.165) is 24.2 Å². The molecular weight excluding hydrogens is 340 g/mol. The lowest BCUT2D eigenvalue weighted by atomic mass is 9.85. The molecule has 0 spiro atoms. The number of fused-ring (bicyclic) bond motifs is 6. The minimum atomic E-state index is 0.424. The van der Waals surface area contributed by atoms with Gasteiger partial charge in [0.15, 0.2) is 0 Å². The summed E-state index contributed by atoms with van der Waals surface area (Å²) in [6, 6.07) is 26.2. The maximum absolute atomic E-state index is 4.69. The standard InChI is InChI=1S/C26H20N2/c1-3-9-21-17(7-1)19(23-11-5-15-27-25(21)23)13-14-20-18-8-2-4-10-22(18)26-24(20)12-6-16-28-26/h1-12,15-16,19-20H,13-14H2. The van der Waals surface area contributed by atoms with Crippen LogP contribution in [0.2, 0.25) is 0 Å². The second kappa shape index (κ2) is 6.13. The van der Waals surface area contributed by atoms with Gasteiger partial charge in [-0.1, -0.05) is 60.7 Å². The van der Waals surface area contributed by atoms with Crippen molar-refractivity contribution >= 4 is 0 Å². The van der Waals surface area contributed by atoms with Gasteiger partial charge < -0.3 is 0 Å².